The van der Waals surface area contributed by atoms with Crippen molar-refractivity contribution in [1.29, 1.82) is 0 Å². The van der Waals surface area contributed by atoms with Crippen molar-refractivity contribution in [2.24, 2.45) is 17.2 Å². The number of fused-ring (bicyclic) bond motifs is 1. The number of hydrogen-bond acceptors (Lipinski definition) is 7. The molecule has 41 heavy (non-hydrogen) atoms. The Bertz CT molecular complexity index is 1330. The van der Waals surface area contributed by atoms with Crippen molar-refractivity contribution in [3.05, 3.63) is 71.9 Å². The smallest absolute Gasteiger partial charge is 0.343 e. The molecule has 3 aromatic rings. The maximum absolute atomic E-state index is 13.3. The highest BCUT2D eigenvalue weighted by atomic mass is 19.4. The quantitative estimate of drug-likeness (QED) is 0.208. The molecule has 13 heteroatoms. The van der Waals surface area contributed by atoms with Crippen molar-refractivity contribution in [2.75, 3.05) is 31.5 Å². The van der Waals surface area contributed by atoms with Crippen molar-refractivity contribution in [2.45, 2.75) is 37.5 Å². The molecule has 0 aliphatic rings. The third-order valence-electron chi connectivity index (χ3n) is 6.40. The van der Waals surface area contributed by atoms with Gasteiger partial charge in [0.15, 0.2) is 0 Å². The molecule has 3 amide bonds. The summed E-state index contributed by atoms with van der Waals surface area (Å²) in [7, 11) is 0. The molecule has 10 nitrogen and oxygen atoms in total. The molecular formula is C28H34F3N7O3. The van der Waals surface area contributed by atoms with Crippen molar-refractivity contribution >= 4 is 34.3 Å². The number of anilines is 1. The Balaban J connectivity index is 1.73. The predicted octanol–water partition coefficient (Wildman–Crippen LogP) is 1.77. The molecule has 0 saturated carbocycles. The summed E-state index contributed by atoms with van der Waals surface area (Å²) >= 11 is 0. The minimum Gasteiger partial charge on any atom is -0.343 e. The van der Waals surface area contributed by atoms with Gasteiger partial charge in [0.25, 0.3) is 0 Å². The van der Waals surface area contributed by atoms with Crippen molar-refractivity contribution in [3.8, 4) is 0 Å². The van der Waals surface area contributed by atoms with E-state index in [9.17, 15) is 27.6 Å². The van der Waals surface area contributed by atoms with E-state index >= 15 is 0 Å². The van der Waals surface area contributed by atoms with Crippen LogP contribution in [0.15, 0.2) is 60.8 Å². The summed E-state index contributed by atoms with van der Waals surface area (Å²) in [4.78, 5) is 44.5. The van der Waals surface area contributed by atoms with Gasteiger partial charge in [0.1, 0.15) is 11.9 Å². The van der Waals surface area contributed by atoms with Crippen LogP contribution in [0.3, 0.4) is 0 Å². The normalized spacial score (nSPS) is 12.9. The van der Waals surface area contributed by atoms with Crippen LogP contribution in [0, 0.1) is 0 Å². The fourth-order valence-corrected chi connectivity index (χ4v) is 4.17. The Morgan fingerprint density at radius 3 is 2.17 bits per heavy atom. The first-order valence-corrected chi connectivity index (χ1v) is 13.1. The van der Waals surface area contributed by atoms with E-state index in [0.717, 1.165) is 22.9 Å². The van der Waals surface area contributed by atoms with Crippen molar-refractivity contribution in [3.63, 3.8) is 0 Å². The second-order valence-electron chi connectivity index (χ2n) is 9.47. The molecule has 0 spiro atoms. The zero-order chi connectivity index (χ0) is 30.0. The Kier molecular flexibility index (Phi) is 11.1. The molecule has 8 N–H and O–H groups in total. The monoisotopic (exact) mass is 573 g/mol. The molecule has 0 saturated heterocycles. The van der Waals surface area contributed by atoms with E-state index in [4.69, 9.17) is 17.2 Å². The number of amides is 3. The highest BCUT2D eigenvalue weighted by molar-refractivity contribution is 5.99. The van der Waals surface area contributed by atoms with Gasteiger partial charge in [0.2, 0.25) is 17.7 Å². The van der Waals surface area contributed by atoms with Gasteiger partial charge in [0.05, 0.1) is 18.0 Å². The topological polar surface area (TPSA) is 169 Å². The lowest BCUT2D eigenvalue weighted by molar-refractivity contribution is -0.137. The number of carbonyl (C=O) groups is 3. The first-order valence-electron chi connectivity index (χ1n) is 13.1. The van der Waals surface area contributed by atoms with Crippen LogP contribution in [0.2, 0.25) is 0 Å². The van der Waals surface area contributed by atoms with E-state index in [1.807, 2.05) is 24.3 Å². The Morgan fingerprint density at radius 2 is 1.56 bits per heavy atom. The molecule has 0 aliphatic carbocycles. The third-order valence-corrected chi connectivity index (χ3v) is 6.40. The van der Waals surface area contributed by atoms with Crippen LogP contribution < -0.4 is 27.8 Å². The number of rotatable bonds is 13. The Morgan fingerprint density at radius 1 is 0.927 bits per heavy atom. The summed E-state index contributed by atoms with van der Waals surface area (Å²) in [5, 5.41) is 6.97. The number of nitrogens with one attached hydrogen (secondary N) is 2. The number of benzene rings is 2. The van der Waals surface area contributed by atoms with Gasteiger partial charge in [-0.05, 0) is 42.0 Å². The van der Waals surface area contributed by atoms with Crippen LogP contribution in [0.4, 0.5) is 19.0 Å². The number of nitrogens with zero attached hydrogens (tertiary/aromatic N) is 2. The molecule has 1 heterocycles. The number of hydrogen-bond donors (Lipinski definition) is 5. The van der Waals surface area contributed by atoms with E-state index in [1.54, 1.807) is 12.3 Å². The summed E-state index contributed by atoms with van der Waals surface area (Å²) in [6, 6.07) is 11.3. The molecule has 1 aromatic heterocycles. The van der Waals surface area contributed by atoms with Gasteiger partial charge in [0, 0.05) is 37.8 Å². The van der Waals surface area contributed by atoms with Crippen LogP contribution in [0.5, 0.6) is 0 Å². The maximum Gasteiger partial charge on any atom is 0.416 e. The summed E-state index contributed by atoms with van der Waals surface area (Å²) in [5.41, 5.74) is 16.8. The predicted molar refractivity (Wildman–Crippen MR) is 149 cm³/mol. The molecule has 220 valence electrons. The van der Waals surface area contributed by atoms with E-state index < -0.39 is 41.5 Å². The number of aromatic nitrogens is 1. The molecule has 0 radical (unpaired) electrons. The first-order chi connectivity index (χ1) is 19.5. The molecule has 0 fully saturated rings. The summed E-state index contributed by atoms with van der Waals surface area (Å²) in [6.07, 6.45) is -2.98. The van der Waals surface area contributed by atoms with Crippen molar-refractivity contribution in [1.82, 2.24) is 15.2 Å². The number of pyridine rings is 1. The molecule has 0 unspecified atom stereocenters. The molecule has 0 bridgehead atoms. The van der Waals surface area contributed by atoms with Gasteiger partial charge in [-0.1, -0.05) is 36.4 Å². The largest absolute Gasteiger partial charge is 0.416 e. The molecule has 3 rings (SSSR count). The van der Waals surface area contributed by atoms with E-state index in [1.165, 1.54) is 17.0 Å². The maximum atomic E-state index is 13.3. The highest BCUT2D eigenvalue weighted by Crippen LogP contribution is 2.29. The lowest BCUT2D eigenvalue weighted by atomic mass is 10.0. The number of alkyl halides is 3. The minimum atomic E-state index is -4.47. The number of nitrogens with two attached hydrogens (primary N) is 3. The number of halogens is 3. The van der Waals surface area contributed by atoms with Gasteiger partial charge in [-0.3, -0.25) is 14.4 Å². The van der Waals surface area contributed by atoms with Gasteiger partial charge >= 0.3 is 6.18 Å². The molecular weight excluding hydrogens is 539 g/mol. The van der Waals surface area contributed by atoms with Crippen LogP contribution in [-0.4, -0.2) is 65.9 Å². The summed E-state index contributed by atoms with van der Waals surface area (Å²) in [6.45, 7) is 0.924. The van der Waals surface area contributed by atoms with Crippen molar-refractivity contribution < 1.29 is 27.6 Å². The lowest BCUT2D eigenvalue weighted by Gasteiger charge is -2.24. The number of carbonyl (C=O) groups excluding carboxylic acids is 3. The van der Waals surface area contributed by atoms with Gasteiger partial charge in [-0.2, -0.15) is 13.2 Å². The highest BCUT2D eigenvalue weighted by Gasteiger charge is 2.30. The summed E-state index contributed by atoms with van der Waals surface area (Å²) < 4.78 is 38.8. The van der Waals surface area contributed by atoms with Gasteiger partial charge in [-0.25, -0.2) is 4.98 Å². The van der Waals surface area contributed by atoms with Crippen LogP contribution in [0.25, 0.3) is 10.8 Å². The van der Waals surface area contributed by atoms with E-state index in [-0.39, 0.29) is 51.3 Å². The third kappa shape index (κ3) is 9.23. The SMILES string of the molecule is NCCN(CCN)C(=O)C[C@H](N)C(=O)N[C@H](CCc1ccc(C(F)(F)F)cc1)C(=O)Nc1cc2ccccc2cn1. The Labute approximate surface area is 235 Å². The second-order valence-corrected chi connectivity index (χ2v) is 9.47. The molecule has 0 aliphatic heterocycles. The first kappa shape index (κ1) is 31.5. The average Bonchev–Trinajstić information content (AvgIpc) is 2.94. The molecule has 2 aromatic carbocycles. The second kappa shape index (κ2) is 14.5. The van der Waals surface area contributed by atoms with Crippen LogP contribution >= 0.6 is 0 Å². The van der Waals surface area contributed by atoms with E-state index in [0.29, 0.717) is 5.56 Å². The fourth-order valence-electron chi connectivity index (χ4n) is 4.17. The molecule has 2 atom stereocenters. The van der Waals surface area contributed by atoms with Gasteiger partial charge < -0.3 is 32.7 Å². The van der Waals surface area contributed by atoms with Crippen LogP contribution in [-0.2, 0) is 27.0 Å². The average molecular weight is 574 g/mol. The minimum absolute atomic E-state index is 0.0453. The Hall–Kier alpha value is -4.07. The number of aryl methyl sites for hydroxylation is 1. The van der Waals surface area contributed by atoms with Crippen LogP contribution in [0.1, 0.15) is 24.0 Å². The lowest BCUT2D eigenvalue weighted by Crippen LogP contribution is -2.52. The van der Waals surface area contributed by atoms with Gasteiger partial charge in [-0.15, -0.1) is 0 Å². The zero-order valence-corrected chi connectivity index (χ0v) is 22.4. The zero-order valence-electron chi connectivity index (χ0n) is 22.4. The fraction of sp³-hybridized carbons (Fsp3) is 0.357. The standard InChI is InChI=1S/C28H34F3N7O3/c29-28(30,31)21-8-5-18(6-9-21)7-10-23(27(41)37-24-15-19-3-1-2-4-20(19)17-35-24)36-26(40)22(34)16-25(39)38(13-11-32)14-12-33/h1-6,8-9,15,17,22-23H,7,10-14,16,32-34H2,(H,36,40)(H,35,37,41)/t22-,23+/m0/s1. The summed E-state index contributed by atoms with van der Waals surface area (Å²) in [5.74, 6) is -1.49. The van der Waals surface area contributed by atoms with E-state index in [2.05, 4.69) is 15.6 Å².